The lowest BCUT2D eigenvalue weighted by atomic mass is 9.95. The van der Waals surface area contributed by atoms with Crippen molar-refractivity contribution in [2.45, 2.75) is 26.7 Å². The molecule has 1 unspecified atom stereocenters. The highest BCUT2D eigenvalue weighted by Crippen LogP contribution is 2.27. The minimum Gasteiger partial charge on any atom is -0.386 e. The third-order valence-corrected chi connectivity index (χ3v) is 5.49. The van der Waals surface area contributed by atoms with Gasteiger partial charge in [-0.3, -0.25) is 14.4 Å². The SMILES string of the molecule is CONC(=O)CO/N=C(/CN(C)C(=O)c1cc(C)cc(C)c1)C(C)c1ccc(Cl)c(Cl)c1. The first-order chi connectivity index (χ1) is 15.1. The van der Waals surface area contributed by atoms with E-state index in [1.165, 1.54) is 7.11 Å². The Kier molecular flexibility index (Phi) is 9.50. The van der Waals surface area contributed by atoms with Gasteiger partial charge < -0.3 is 9.74 Å². The summed E-state index contributed by atoms with van der Waals surface area (Å²) >= 11 is 12.2. The number of carbonyl (C=O) groups is 2. The van der Waals surface area contributed by atoms with E-state index >= 15 is 0 Å². The van der Waals surface area contributed by atoms with Crippen molar-refractivity contribution in [2.75, 3.05) is 27.3 Å². The molecule has 0 bridgehead atoms. The van der Waals surface area contributed by atoms with Gasteiger partial charge in [0, 0.05) is 18.5 Å². The molecule has 0 heterocycles. The fourth-order valence-corrected chi connectivity index (χ4v) is 3.48. The van der Waals surface area contributed by atoms with Crippen LogP contribution in [-0.2, 0) is 14.5 Å². The van der Waals surface area contributed by atoms with Crippen LogP contribution in [0, 0.1) is 13.8 Å². The normalized spacial score (nSPS) is 12.3. The average molecular weight is 480 g/mol. The summed E-state index contributed by atoms with van der Waals surface area (Å²) in [5, 5.41) is 5.01. The molecule has 0 saturated heterocycles. The summed E-state index contributed by atoms with van der Waals surface area (Å²) in [6.45, 7) is 5.65. The van der Waals surface area contributed by atoms with Gasteiger partial charge in [0.15, 0.2) is 6.61 Å². The number of oxime groups is 1. The predicted octanol–water partition coefficient (Wildman–Crippen LogP) is 4.54. The molecule has 172 valence electrons. The van der Waals surface area contributed by atoms with Gasteiger partial charge in [-0.25, -0.2) is 5.48 Å². The predicted molar refractivity (Wildman–Crippen MR) is 126 cm³/mol. The van der Waals surface area contributed by atoms with E-state index in [-0.39, 0.29) is 25.0 Å². The second kappa shape index (κ2) is 11.9. The van der Waals surface area contributed by atoms with E-state index in [4.69, 9.17) is 28.0 Å². The van der Waals surface area contributed by atoms with Gasteiger partial charge in [0.25, 0.3) is 11.8 Å². The maximum atomic E-state index is 13.0. The molecule has 0 saturated carbocycles. The number of nitrogens with one attached hydrogen (secondary N) is 1. The first-order valence-corrected chi connectivity index (χ1v) is 10.7. The second-order valence-electron chi connectivity index (χ2n) is 7.52. The Bertz CT molecular complexity index is 990. The number of aryl methyl sites for hydroxylation is 2. The molecule has 0 fully saturated rings. The number of nitrogens with zero attached hydrogens (tertiary/aromatic N) is 2. The third kappa shape index (κ3) is 7.22. The molecule has 2 aromatic rings. The Labute approximate surface area is 198 Å². The maximum Gasteiger partial charge on any atom is 0.284 e. The van der Waals surface area contributed by atoms with E-state index in [1.54, 1.807) is 24.1 Å². The number of rotatable bonds is 9. The number of amides is 2. The van der Waals surface area contributed by atoms with Gasteiger partial charge in [-0.05, 0) is 43.7 Å². The lowest BCUT2D eigenvalue weighted by Gasteiger charge is -2.22. The van der Waals surface area contributed by atoms with E-state index in [0.29, 0.717) is 21.3 Å². The number of benzene rings is 2. The first-order valence-electron chi connectivity index (χ1n) is 9.91. The summed E-state index contributed by atoms with van der Waals surface area (Å²) in [5.41, 5.74) is 6.14. The minimum absolute atomic E-state index is 0.150. The summed E-state index contributed by atoms with van der Waals surface area (Å²) in [6, 6.07) is 11.0. The molecule has 2 aromatic carbocycles. The fraction of sp³-hybridized carbons (Fsp3) is 0.348. The van der Waals surface area contributed by atoms with Gasteiger partial charge >= 0.3 is 0 Å². The van der Waals surface area contributed by atoms with E-state index in [0.717, 1.165) is 16.7 Å². The molecule has 1 atom stereocenters. The van der Waals surface area contributed by atoms with Crippen LogP contribution in [0.2, 0.25) is 10.0 Å². The fourth-order valence-electron chi connectivity index (χ4n) is 3.17. The van der Waals surface area contributed by atoms with Crippen molar-refractivity contribution in [1.29, 1.82) is 0 Å². The lowest BCUT2D eigenvalue weighted by molar-refractivity contribution is -0.136. The Morgan fingerprint density at radius 2 is 1.75 bits per heavy atom. The zero-order valence-electron chi connectivity index (χ0n) is 18.7. The van der Waals surface area contributed by atoms with Crippen LogP contribution >= 0.6 is 23.2 Å². The molecular weight excluding hydrogens is 453 g/mol. The summed E-state index contributed by atoms with van der Waals surface area (Å²) in [7, 11) is 3.02. The molecular formula is C23H27Cl2N3O4. The van der Waals surface area contributed by atoms with Gasteiger partial charge in [-0.1, -0.05) is 58.5 Å². The van der Waals surface area contributed by atoms with Crippen LogP contribution in [0.3, 0.4) is 0 Å². The second-order valence-corrected chi connectivity index (χ2v) is 8.33. The Morgan fingerprint density at radius 3 is 2.34 bits per heavy atom. The molecule has 7 nitrogen and oxygen atoms in total. The van der Waals surface area contributed by atoms with E-state index in [2.05, 4.69) is 15.5 Å². The lowest BCUT2D eigenvalue weighted by Crippen LogP contribution is -2.34. The quantitative estimate of drug-likeness (QED) is 0.422. The van der Waals surface area contributed by atoms with Crippen molar-refractivity contribution in [1.82, 2.24) is 10.4 Å². The monoisotopic (exact) mass is 479 g/mol. The van der Waals surface area contributed by atoms with Crippen molar-refractivity contribution in [3.8, 4) is 0 Å². The molecule has 2 rings (SSSR count). The van der Waals surface area contributed by atoms with Crippen LogP contribution in [0.5, 0.6) is 0 Å². The van der Waals surface area contributed by atoms with Crippen molar-refractivity contribution >= 4 is 40.7 Å². The van der Waals surface area contributed by atoms with Crippen LogP contribution in [0.1, 0.15) is 39.9 Å². The van der Waals surface area contributed by atoms with Crippen molar-refractivity contribution < 1.29 is 19.3 Å². The summed E-state index contributed by atoms with van der Waals surface area (Å²) < 4.78 is 0. The number of hydrogen-bond donors (Lipinski definition) is 1. The molecule has 9 heteroatoms. The van der Waals surface area contributed by atoms with Crippen molar-refractivity contribution in [3.63, 3.8) is 0 Å². The first kappa shape index (κ1) is 25.6. The molecule has 0 aliphatic rings. The molecule has 1 N–H and O–H groups in total. The number of halogens is 2. The zero-order chi connectivity index (χ0) is 23.8. The number of carbonyl (C=O) groups excluding carboxylic acids is 2. The van der Waals surface area contributed by atoms with E-state index in [1.807, 2.05) is 45.0 Å². The molecule has 0 aliphatic carbocycles. The maximum absolute atomic E-state index is 13.0. The topological polar surface area (TPSA) is 80.2 Å². The van der Waals surface area contributed by atoms with Crippen molar-refractivity contribution in [3.05, 3.63) is 68.7 Å². The molecule has 0 aliphatic heterocycles. The van der Waals surface area contributed by atoms with Crippen LogP contribution in [0.4, 0.5) is 0 Å². The largest absolute Gasteiger partial charge is 0.386 e. The summed E-state index contributed by atoms with van der Waals surface area (Å²) in [5.74, 6) is -0.898. The van der Waals surface area contributed by atoms with Gasteiger partial charge in [-0.2, -0.15) is 0 Å². The van der Waals surface area contributed by atoms with Gasteiger partial charge in [-0.15, -0.1) is 0 Å². The van der Waals surface area contributed by atoms with Gasteiger partial charge in [0.1, 0.15) is 0 Å². The van der Waals surface area contributed by atoms with E-state index < -0.39 is 5.91 Å². The highest BCUT2D eigenvalue weighted by molar-refractivity contribution is 6.42. The van der Waals surface area contributed by atoms with Crippen LogP contribution < -0.4 is 5.48 Å². The molecule has 0 spiro atoms. The highest BCUT2D eigenvalue weighted by atomic mass is 35.5. The van der Waals surface area contributed by atoms with Gasteiger partial charge in [0.05, 0.1) is 29.4 Å². The van der Waals surface area contributed by atoms with Crippen LogP contribution in [-0.4, -0.2) is 49.7 Å². The minimum atomic E-state index is -0.488. The van der Waals surface area contributed by atoms with Crippen LogP contribution in [0.25, 0.3) is 0 Å². The number of hydroxylamine groups is 1. The zero-order valence-corrected chi connectivity index (χ0v) is 20.3. The third-order valence-electron chi connectivity index (χ3n) is 4.75. The van der Waals surface area contributed by atoms with Crippen LogP contribution in [0.15, 0.2) is 41.6 Å². The molecule has 32 heavy (non-hydrogen) atoms. The summed E-state index contributed by atoms with van der Waals surface area (Å²) in [6.07, 6.45) is 0. The molecule has 2 amide bonds. The average Bonchev–Trinajstić information content (AvgIpc) is 2.73. The Hall–Kier alpha value is -2.61. The number of hydrogen-bond acceptors (Lipinski definition) is 5. The van der Waals surface area contributed by atoms with Crippen molar-refractivity contribution in [2.24, 2.45) is 5.16 Å². The van der Waals surface area contributed by atoms with E-state index in [9.17, 15) is 9.59 Å². The van der Waals surface area contributed by atoms with Gasteiger partial charge in [0.2, 0.25) is 0 Å². The Balaban J connectivity index is 2.26. The highest BCUT2D eigenvalue weighted by Gasteiger charge is 2.21. The standard InChI is InChI=1S/C23H27Cl2N3O4/c1-14-8-15(2)10-18(9-14)23(30)28(4)12-21(26-32-13-22(29)27-31-5)16(3)17-6-7-19(24)20(25)11-17/h6-11,16H,12-13H2,1-5H3,(H,27,29)/b26-21-. The molecule has 0 aromatic heterocycles. The smallest absolute Gasteiger partial charge is 0.284 e. The summed E-state index contributed by atoms with van der Waals surface area (Å²) in [4.78, 5) is 36.0. The Morgan fingerprint density at radius 1 is 1.09 bits per heavy atom. The molecule has 0 radical (unpaired) electrons.